The average molecular weight is 334 g/mol. The molecule has 0 amide bonds. The zero-order valence-electron chi connectivity index (χ0n) is 8.43. The summed E-state index contributed by atoms with van der Waals surface area (Å²) in [7, 11) is 0. The summed E-state index contributed by atoms with van der Waals surface area (Å²) >= 11 is 2.69. The number of aromatic nitrogens is 1. The van der Waals surface area contributed by atoms with E-state index < -0.39 is 46.4 Å². The molecule has 0 saturated heterocycles. The smallest absolute Gasteiger partial charge is 0.418 e. The Balaban J connectivity index is 3.57. The minimum Gasteiger partial charge on any atom is -0.478 e. The molecule has 0 aromatic carbocycles. The average Bonchev–Trinajstić information content (AvgIpc) is 2.25. The van der Waals surface area contributed by atoms with Crippen LogP contribution in [0, 0.1) is 0 Å². The number of nitrogens with zero attached hydrogens (tertiary/aromatic N) is 1. The van der Waals surface area contributed by atoms with Crippen LogP contribution in [-0.2, 0) is 11.5 Å². The molecule has 0 fully saturated rings. The molecular weight excluding hydrogens is 329 g/mol. The van der Waals surface area contributed by atoms with Crippen LogP contribution in [0.1, 0.15) is 33.7 Å². The summed E-state index contributed by atoms with van der Waals surface area (Å²) in [6.07, 6.45) is -8.13. The van der Waals surface area contributed by atoms with Crippen molar-refractivity contribution in [3.63, 3.8) is 0 Å². The first-order valence-electron chi connectivity index (χ1n) is 4.37. The predicted molar refractivity (Wildman–Crippen MR) is 53.8 cm³/mol. The first kappa shape index (κ1) is 14.8. The molecule has 1 N–H and O–H groups in total. The van der Waals surface area contributed by atoms with Gasteiger partial charge in [-0.05, 0) is 6.07 Å². The molecule has 0 aliphatic carbocycles. The molecule has 0 saturated carbocycles. The maximum absolute atomic E-state index is 12.6. The van der Waals surface area contributed by atoms with E-state index in [2.05, 4.69) is 20.9 Å². The highest BCUT2D eigenvalue weighted by molar-refractivity contribution is 9.08. The van der Waals surface area contributed by atoms with E-state index in [1.807, 2.05) is 0 Å². The summed E-state index contributed by atoms with van der Waals surface area (Å²) in [5, 5.41) is 8.20. The first-order valence-corrected chi connectivity index (χ1v) is 5.49. The lowest BCUT2D eigenvalue weighted by Crippen LogP contribution is -2.16. The van der Waals surface area contributed by atoms with Crippen molar-refractivity contribution < 1.29 is 31.9 Å². The zero-order chi connectivity index (χ0) is 14.1. The quantitative estimate of drug-likeness (QED) is 0.678. The number of alkyl halides is 6. The van der Waals surface area contributed by atoms with Crippen LogP contribution in [0.25, 0.3) is 0 Å². The number of carbonyl (C=O) groups is 1. The van der Waals surface area contributed by atoms with E-state index in [1.165, 1.54) is 0 Å². The molecule has 1 aromatic heterocycles. The van der Waals surface area contributed by atoms with E-state index in [9.17, 15) is 26.7 Å². The van der Waals surface area contributed by atoms with Gasteiger partial charge in [0.2, 0.25) is 0 Å². The van der Waals surface area contributed by atoms with Crippen molar-refractivity contribution in [2.45, 2.75) is 17.9 Å². The molecule has 9 heteroatoms. The normalized spacial score (nSPS) is 11.9. The van der Waals surface area contributed by atoms with E-state index in [4.69, 9.17) is 5.11 Å². The lowest BCUT2D eigenvalue weighted by atomic mass is 10.1. The molecule has 100 valence electrons. The summed E-state index contributed by atoms with van der Waals surface area (Å²) in [5.74, 6) is -1.88. The third-order valence-electron chi connectivity index (χ3n) is 2.00. The van der Waals surface area contributed by atoms with Crippen LogP contribution in [0.15, 0.2) is 6.07 Å². The second-order valence-corrected chi connectivity index (χ2v) is 3.71. The van der Waals surface area contributed by atoms with Crippen LogP contribution < -0.4 is 0 Å². The van der Waals surface area contributed by atoms with Gasteiger partial charge in [0.25, 0.3) is 6.43 Å². The van der Waals surface area contributed by atoms with Gasteiger partial charge in [0.05, 0.1) is 16.8 Å². The molecule has 1 heterocycles. The third-order valence-corrected chi connectivity index (χ3v) is 2.53. The number of pyridine rings is 1. The summed E-state index contributed by atoms with van der Waals surface area (Å²) in [5.41, 5.74) is -4.35. The van der Waals surface area contributed by atoms with Gasteiger partial charge in [-0.3, -0.25) is 0 Å². The van der Waals surface area contributed by atoms with Crippen molar-refractivity contribution in [3.8, 4) is 0 Å². The van der Waals surface area contributed by atoms with Crippen molar-refractivity contribution in [1.82, 2.24) is 4.98 Å². The Hall–Kier alpha value is -1.25. The van der Waals surface area contributed by atoms with Crippen LogP contribution in [0.2, 0.25) is 0 Å². The molecule has 0 atom stereocenters. The van der Waals surface area contributed by atoms with Crippen molar-refractivity contribution >= 4 is 21.9 Å². The lowest BCUT2D eigenvalue weighted by molar-refractivity contribution is -0.138. The molecule has 1 aromatic rings. The highest BCUT2D eigenvalue weighted by Gasteiger charge is 2.36. The minimum atomic E-state index is -4.86. The Labute approximate surface area is 106 Å². The van der Waals surface area contributed by atoms with Crippen molar-refractivity contribution in [3.05, 3.63) is 28.6 Å². The fourth-order valence-corrected chi connectivity index (χ4v) is 1.68. The SMILES string of the molecule is O=C(O)c1cc(C(F)(F)F)c(CBr)nc1C(F)F. The predicted octanol–water partition coefficient (Wildman–Crippen LogP) is 3.63. The minimum absolute atomic E-state index is 0.174. The summed E-state index contributed by atoms with van der Waals surface area (Å²) < 4.78 is 62.7. The molecular formula is C9H5BrF5NO2. The van der Waals surface area contributed by atoms with E-state index in [0.717, 1.165) is 0 Å². The summed E-state index contributed by atoms with van der Waals surface area (Å²) in [4.78, 5) is 13.7. The highest BCUT2D eigenvalue weighted by Crippen LogP contribution is 2.35. The topological polar surface area (TPSA) is 50.2 Å². The molecule has 0 spiro atoms. The van der Waals surface area contributed by atoms with Gasteiger partial charge in [0.15, 0.2) is 0 Å². The van der Waals surface area contributed by atoms with Gasteiger partial charge in [-0.2, -0.15) is 13.2 Å². The van der Waals surface area contributed by atoms with Gasteiger partial charge in [0.1, 0.15) is 5.69 Å². The molecule has 3 nitrogen and oxygen atoms in total. The molecule has 18 heavy (non-hydrogen) atoms. The third kappa shape index (κ3) is 2.95. The van der Waals surface area contributed by atoms with E-state index in [0.29, 0.717) is 0 Å². The molecule has 0 aliphatic rings. The van der Waals surface area contributed by atoms with Gasteiger partial charge >= 0.3 is 12.1 Å². The maximum Gasteiger partial charge on any atom is 0.418 e. The van der Waals surface area contributed by atoms with E-state index >= 15 is 0 Å². The maximum atomic E-state index is 12.6. The van der Waals surface area contributed by atoms with Gasteiger partial charge in [-0.1, -0.05) is 15.9 Å². The standard InChI is InChI=1S/C9H5BrF5NO2/c10-2-5-4(9(13,14)15)1-3(8(17)18)6(16-5)7(11)12/h1,7H,2H2,(H,17,18). The number of halogens is 6. The fourth-order valence-electron chi connectivity index (χ4n) is 1.25. The van der Waals surface area contributed by atoms with Crippen molar-refractivity contribution in [2.75, 3.05) is 0 Å². The summed E-state index contributed by atoms with van der Waals surface area (Å²) in [6.45, 7) is 0. The number of rotatable bonds is 3. The Morgan fingerprint density at radius 1 is 1.44 bits per heavy atom. The van der Waals surface area contributed by atoms with E-state index in [-0.39, 0.29) is 6.07 Å². The number of hydrogen-bond donors (Lipinski definition) is 1. The second-order valence-electron chi connectivity index (χ2n) is 3.15. The molecule has 0 radical (unpaired) electrons. The van der Waals surface area contributed by atoms with Crippen LogP contribution in [0.5, 0.6) is 0 Å². The number of aromatic carboxylic acids is 1. The zero-order valence-corrected chi connectivity index (χ0v) is 10.0. The molecule has 1 rings (SSSR count). The highest BCUT2D eigenvalue weighted by atomic mass is 79.9. The Bertz CT molecular complexity index is 475. The largest absolute Gasteiger partial charge is 0.478 e. The van der Waals surface area contributed by atoms with E-state index in [1.54, 1.807) is 0 Å². The molecule has 0 unspecified atom stereocenters. The number of carboxylic acid groups (broad SMARTS) is 1. The monoisotopic (exact) mass is 333 g/mol. The van der Waals surface area contributed by atoms with Gasteiger partial charge in [-0.15, -0.1) is 0 Å². The Morgan fingerprint density at radius 2 is 2.00 bits per heavy atom. The lowest BCUT2D eigenvalue weighted by Gasteiger charge is -2.14. The van der Waals surface area contributed by atoms with Crippen LogP contribution in [0.3, 0.4) is 0 Å². The van der Waals surface area contributed by atoms with Crippen LogP contribution in [0.4, 0.5) is 22.0 Å². The summed E-state index contributed by atoms with van der Waals surface area (Å²) in [6, 6.07) is 0.174. The molecule has 0 bridgehead atoms. The second kappa shape index (κ2) is 5.17. The number of carboxylic acids is 1. The van der Waals surface area contributed by atoms with Gasteiger partial charge in [0, 0.05) is 5.33 Å². The van der Waals surface area contributed by atoms with Crippen LogP contribution in [-0.4, -0.2) is 16.1 Å². The Morgan fingerprint density at radius 3 is 2.33 bits per heavy atom. The fraction of sp³-hybridized carbons (Fsp3) is 0.333. The van der Waals surface area contributed by atoms with Crippen LogP contribution >= 0.6 is 15.9 Å². The van der Waals surface area contributed by atoms with Crippen molar-refractivity contribution in [1.29, 1.82) is 0 Å². The van der Waals surface area contributed by atoms with Gasteiger partial charge < -0.3 is 5.11 Å². The molecule has 0 aliphatic heterocycles. The Kier molecular flexibility index (Phi) is 4.25. The van der Waals surface area contributed by atoms with Crippen molar-refractivity contribution in [2.24, 2.45) is 0 Å². The van der Waals surface area contributed by atoms with Gasteiger partial charge in [-0.25, -0.2) is 18.6 Å². The first-order chi connectivity index (χ1) is 8.18. The number of hydrogen-bond acceptors (Lipinski definition) is 2.